The summed E-state index contributed by atoms with van der Waals surface area (Å²) in [5, 5.41) is 14.4. The standard InChI is InChI=1S/C16H26N2O4/c19-14(20)9-10-17-15(21)12-5-7-13(8-6-12)18-16(22)11-3-1-2-4-11/h11-13H,1-10H2,(H,17,21)(H,18,22)(H,19,20). The van der Waals surface area contributed by atoms with Crippen molar-refractivity contribution in [2.75, 3.05) is 6.54 Å². The lowest BCUT2D eigenvalue weighted by molar-refractivity contribution is -0.137. The van der Waals surface area contributed by atoms with Crippen LogP contribution in [0.1, 0.15) is 57.8 Å². The number of carboxylic acids is 1. The minimum absolute atomic E-state index is 0.0431. The van der Waals surface area contributed by atoms with Crippen LogP contribution in [-0.2, 0) is 14.4 Å². The smallest absolute Gasteiger partial charge is 0.305 e. The first kappa shape index (κ1) is 16.8. The molecule has 0 unspecified atom stereocenters. The molecule has 0 aliphatic heterocycles. The Kier molecular flexibility index (Phi) is 6.21. The molecule has 0 aromatic rings. The number of carbonyl (C=O) groups is 3. The van der Waals surface area contributed by atoms with E-state index in [0.717, 1.165) is 51.4 Å². The topological polar surface area (TPSA) is 95.5 Å². The summed E-state index contributed by atoms with van der Waals surface area (Å²) >= 11 is 0. The minimum atomic E-state index is -0.904. The molecule has 6 nitrogen and oxygen atoms in total. The highest BCUT2D eigenvalue weighted by atomic mass is 16.4. The van der Waals surface area contributed by atoms with Crippen LogP contribution in [0.2, 0.25) is 0 Å². The molecule has 2 rings (SSSR count). The summed E-state index contributed by atoms with van der Waals surface area (Å²) in [5.74, 6) is -0.627. The molecule has 2 fully saturated rings. The fourth-order valence-electron chi connectivity index (χ4n) is 3.44. The van der Waals surface area contributed by atoms with Crippen LogP contribution in [-0.4, -0.2) is 35.5 Å². The Morgan fingerprint density at radius 2 is 1.45 bits per heavy atom. The van der Waals surface area contributed by atoms with E-state index in [4.69, 9.17) is 5.11 Å². The number of aliphatic carboxylic acids is 1. The lowest BCUT2D eigenvalue weighted by atomic mass is 9.85. The summed E-state index contributed by atoms with van der Waals surface area (Å²) in [6.45, 7) is 0.187. The third kappa shape index (κ3) is 5.00. The van der Waals surface area contributed by atoms with Crippen molar-refractivity contribution in [1.82, 2.24) is 10.6 Å². The van der Waals surface area contributed by atoms with Gasteiger partial charge in [0.1, 0.15) is 0 Å². The average Bonchev–Trinajstić information content (AvgIpc) is 3.02. The van der Waals surface area contributed by atoms with Gasteiger partial charge in [-0.05, 0) is 38.5 Å². The van der Waals surface area contributed by atoms with Crippen LogP contribution >= 0.6 is 0 Å². The maximum absolute atomic E-state index is 12.1. The van der Waals surface area contributed by atoms with Crippen molar-refractivity contribution >= 4 is 17.8 Å². The Morgan fingerprint density at radius 1 is 0.864 bits per heavy atom. The van der Waals surface area contributed by atoms with Crippen molar-refractivity contribution in [3.8, 4) is 0 Å². The van der Waals surface area contributed by atoms with E-state index in [1.54, 1.807) is 0 Å². The molecule has 0 spiro atoms. The molecule has 6 heteroatoms. The number of nitrogens with one attached hydrogen (secondary N) is 2. The molecule has 0 bridgehead atoms. The van der Waals surface area contributed by atoms with E-state index < -0.39 is 5.97 Å². The van der Waals surface area contributed by atoms with Gasteiger partial charge in [-0.15, -0.1) is 0 Å². The molecular weight excluding hydrogens is 284 g/mol. The quantitative estimate of drug-likeness (QED) is 0.692. The second kappa shape index (κ2) is 8.15. The molecule has 0 atom stereocenters. The molecule has 2 saturated carbocycles. The van der Waals surface area contributed by atoms with Gasteiger partial charge in [0.05, 0.1) is 6.42 Å². The van der Waals surface area contributed by atoms with E-state index >= 15 is 0 Å². The van der Waals surface area contributed by atoms with E-state index in [9.17, 15) is 14.4 Å². The van der Waals surface area contributed by atoms with Crippen LogP contribution in [0.3, 0.4) is 0 Å². The summed E-state index contributed by atoms with van der Waals surface area (Å²) in [7, 11) is 0. The van der Waals surface area contributed by atoms with Crippen molar-refractivity contribution < 1.29 is 19.5 Å². The van der Waals surface area contributed by atoms with Gasteiger partial charge < -0.3 is 15.7 Å². The third-order valence-electron chi connectivity index (χ3n) is 4.81. The van der Waals surface area contributed by atoms with Gasteiger partial charge in [0.25, 0.3) is 0 Å². The second-order valence-corrected chi connectivity index (χ2v) is 6.47. The van der Waals surface area contributed by atoms with E-state index in [1.807, 2.05) is 0 Å². The van der Waals surface area contributed by atoms with Crippen molar-refractivity contribution in [2.24, 2.45) is 11.8 Å². The summed E-state index contributed by atoms with van der Waals surface area (Å²) in [6.07, 6.45) is 7.45. The Hall–Kier alpha value is -1.59. The van der Waals surface area contributed by atoms with Crippen LogP contribution in [0.4, 0.5) is 0 Å². The van der Waals surface area contributed by atoms with Gasteiger partial charge in [0, 0.05) is 24.4 Å². The fraction of sp³-hybridized carbons (Fsp3) is 0.812. The molecule has 3 N–H and O–H groups in total. The van der Waals surface area contributed by atoms with Gasteiger partial charge in [0.15, 0.2) is 0 Å². The Bertz CT molecular complexity index is 410. The Labute approximate surface area is 131 Å². The van der Waals surface area contributed by atoms with Gasteiger partial charge in [0.2, 0.25) is 11.8 Å². The fourth-order valence-corrected chi connectivity index (χ4v) is 3.44. The maximum atomic E-state index is 12.1. The van der Waals surface area contributed by atoms with E-state index in [-0.39, 0.29) is 42.7 Å². The molecule has 0 aromatic carbocycles. The zero-order chi connectivity index (χ0) is 15.9. The predicted octanol–water partition coefficient (Wildman–Crippen LogP) is 1.44. The highest BCUT2D eigenvalue weighted by molar-refractivity contribution is 5.80. The predicted molar refractivity (Wildman–Crippen MR) is 81.1 cm³/mol. The first-order valence-corrected chi connectivity index (χ1v) is 8.36. The van der Waals surface area contributed by atoms with E-state index in [1.165, 1.54) is 0 Å². The van der Waals surface area contributed by atoms with Gasteiger partial charge in [-0.3, -0.25) is 14.4 Å². The molecule has 22 heavy (non-hydrogen) atoms. The maximum Gasteiger partial charge on any atom is 0.305 e. The lowest BCUT2D eigenvalue weighted by Gasteiger charge is -2.29. The van der Waals surface area contributed by atoms with Crippen molar-refractivity contribution in [3.63, 3.8) is 0 Å². The minimum Gasteiger partial charge on any atom is -0.481 e. The SMILES string of the molecule is O=C(O)CCNC(=O)C1CCC(NC(=O)C2CCCC2)CC1. The van der Waals surface area contributed by atoms with Crippen LogP contribution in [0.5, 0.6) is 0 Å². The van der Waals surface area contributed by atoms with Gasteiger partial charge in [-0.1, -0.05) is 12.8 Å². The summed E-state index contributed by atoms with van der Waals surface area (Å²) in [6, 6.07) is 0.191. The number of hydrogen-bond donors (Lipinski definition) is 3. The Morgan fingerprint density at radius 3 is 2.05 bits per heavy atom. The first-order valence-electron chi connectivity index (χ1n) is 8.36. The zero-order valence-electron chi connectivity index (χ0n) is 13.0. The van der Waals surface area contributed by atoms with Crippen LogP contribution in [0.15, 0.2) is 0 Å². The highest BCUT2D eigenvalue weighted by Crippen LogP contribution is 2.27. The molecule has 2 aliphatic rings. The highest BCUT2D eigenvalue weighted by Gasteiger charge is 2.29. The van der Waals surface area contributed by atoms with E-state index in [2.05, 4.69) is 10.6 Å². The van der Waals surface area contributed by atoms with E-state index in [0.29, 0.717) is 0 Å². The van der Waals surface area contributed by atoms with Crippen LogP contribution in [0, 0.1) is 11.8 Å². The van der Waals surface area contributed by atoms with Gasteiger partial charge in [-0.2, -0.15) is 0 Å². The molecule has 2 amide bonds. The number of rotatable bonds is 6. The molecule has 124 valence electrons. The summed E-state index contributed by atoms with van der Waals surface area (Å²) in [5.41, 5.74) is 0. The average molecular weight is 310 g/mol. The third-order valence-corrected chi connectivity index (χ3v) is 4.81. The van der Waals surface area contributed by atoms with Crippen molar-refractivity contribution in [1.29, 1.82) is 0 Å². The lowest BCUT2D eigenvalue weighted by Crippen LogP contribution is -2.42. The molecule has 0 heterocycles. The van der Waals surface area contributed by atoms with Crippen molar-refractivity contribution in [2.45, 2.75) is 63.8 Å². The summed E-state index contributed by atoms with van der Waals surface area (Å²) < 4.78 is 0. The molecular formula is C16H26N2O4. The van der Waals surface area contributed by atoms with Crippen molar-refractivity contribution in [3.05, 3.63) is 0 Å². The second-order valence-electron chi connectivity index (χ2n) is 6.47. The Balaban J connectivity index is 1.65. The number of hydrogen-bond acceptors (Lipinski definition) is 3. The van der Waals surface area contributed by atoms with Crippen LogP contribution in [0.25, 0.3) is 0 Å². The molecule has 0 radical (unpaired) electrons. The monoisotopic (exact) mass is 310 g/mol. The zero-order valence-corrected chi connectivity index (χ0v) is 13.0. The normalized spacial score (nSPS) is 25.6. The van der Waals surface area contributed by atoms with Gasteiger partial charge >= 0.3 is 5.97 Å². The molecule has 0 aromatic heterocycles. The number of carbonyl (C=O) groups excluding carboxylic acids is 2. The van der Waals surface area contributed by atoms with Crippen LogP contribution < -0.4 is 10.6 Å². The molecule has 2 aliphatic carbocycles. The number of amides is 2. The number of carboxylic acid groups (broad SMARTS) is 1. The molecule has 0 saturated heterocycles. The van der Waals surface area contributed by atoms with Gasteiger partial charge in [-0.25, -0.2) is 0 Å². The first-order chi connectivity index (χ1) is 10.6. The summed E-state index contributed by atoms with van der Waals surface area (Å²) in [4.78, 5) is 34.4. The largest absolute Gasteiger partial charge is 0.481 e.